The summed E-state index contributed by atoms with van der Waals surface area (Å²) in [7, 11) is 0. The topological polar surface area (TPSA) is 34.0 Å². The molecule has 0 bridgehead atoms. The number of rotatable bonds is 4. The third kappa shape index (κ3) is 3.06. The Kier molecular flexibility index (Phi) is 4.40. The van der Waals surface area contributed by atoms with Crippen molar-refractivity contribution in [1.29, 1.82) is 0 Å². The summed E-state index contributed by atoms with van der Waals surface area (Å²) >= 11 is 6.21. The molecule has 0 saturated heterocycles. The second-order valence-corrected chi connectivity index (χ2v) is 4.81. The molecule has 1 heterocycles. The molecule has 1 aromatic carbocycles. The van der Waals surface area contributed by atoms with Gasteiger partial charge in [-0.05, 0) is 25.6 Å². The second kappa shape index (κ2) is 6.04. The van der Waals surface area contributed by atoms with Crippen LogP contribution in [0.4, 0.5) is 0 Å². The third-order valence-electron chi connectivity index (χ3n) is 3.00. The highest BCUT2D eigenvalue weighted by atomic mass is 35.5. The van der Waals surface area contributed by atoms with E-state index in [1.807, 2.05) is 48.9 Å². The van der Waals surface area contributed by atoms with E-state index in [1.54, 1.807) is 6.07 Å². The molecular weight excluding hydrogens is 260 g/mol. The average molecular weight is 277 g/mol. The highest BCUT2D eigenvalue weighted by Crippen LogP contribution is 2.20. The Balaban J connectivity index is 2.52. The molecule has 0 amide bonds. The second-order valence-electron chi connectivity index (χ2n) is 4.41. The van der Waals surface area contributed by atoms with Crippen molar-refractivity contribution in [3.05, 3.63) is 63.0 Å². The lowest BCUT2D eigenvalue weighted by Crippen LogP contribution is -2.21. The smallest absolute Gasteiger partial charge is 0.186 e. The summed E-state index contributed by atoms with van der Waals surface area (Å²) < 4.78 is 1.95. The number of nitrogens with one attached hydrogen (secondary N) is 1. The standard InChI is InChI=1S/C15H17ClN2O/c1-3-17-9-12-10-18(11(2)8-15(12)19)14-7-5-4-6-13(14)16/h4-8,10,17H,3,9H2,1-2H3. The van der Waals surface area contributed by atoms with E-state index in [0.717, 1.165) is 23.5 Å². The van der Waals surface area contributed by atoms with Crippen LogP contribution in [0, 0.1) is 6.92 Å². The van der Waals surface area contributed by atoms with Gasteiger partial charge in [-0.2, -0.15) is 0 Å². The molecule has 0 fully saturated rings. The summed E-state index contributed by atoms with van der Waals surface area (Å²) in [6, 6.07) is 9.26. The lowest BCUT2D eigenvalue weighted by Gasteiger charge is -2.14. The van der Waals surface area contributed by atoms with Gasteiger partial charge in [0.2, 0.25) is 0 Å². The first-order valence-corrected chi connectivity index (χ1v) is 6.69. The van der Waals surface area contributed by atoms with Crippen LogP contribution in [0.25, 0.3) is 5.69 Å². The monoisotopic (exact) mass is 276 g/mol. The Morgan fingerprint density at radius 1 is 1.32 bits per heavy atom. The van der Waals surface area contributed by atoms with Gasteiger partial charge >= 0.3 is 0 Å². The Bertz CT molecular complexity index is 634. The summed E-state index contributed by atoms with van der Waals surface area (Å²) in [4.78, 5) is 11.9. The van der Waals surface area contributed by atoms with Crippen LogP contribution < -0.4 is 10.7 Å². The number of hydrogen-bond acceptors (Lipinski definition) is 2. The normalized spacial score (nSPS) is 10.7. The van der Waals surface area contributed by atoms with Gasteiger partial charge in [-0.1, -0.05) is 30.7 Å². The molecule has 4 heteroatoms. The van der Waals surface area contributed by atoms with Gasteiger partial charge in [-0.25, -0.2) is 0 Å². The maximum Gasteiger partial charge on any atom is 0.186 e. The first-order valence-electron chi connectivity index (χ1n) is 6.31. The van der Waals surface area contributed by atoms with E-state index in [9.17, 15) is 4.79 Å². The third-order valence-corrected chi connectivity index (χ3v) is 3.32. The predicted octanol–water partition coefficient (Wildman–Crippen LogP) is 2.91. The van der Waals surface area contributed by atoms with Crippen molar-refractivity contribution < 1.29 is 0 Å². The molecule has 0 aliphatic heterocycles. The zero-order valence-electron chi connectivity index (χ0n) is 11.1. The van der Waals surface area contributed by atoms with E-state index in [4.69, 9.17) is 11.6 Å². The minimum absolute atomic E-state index is 0.0572. The minimum atomic E-state index is 0.0572. The fourth-order valence-electron chi connectivity index (χ4n) is 1.97. The lowest BCUT2D eigenvalue weighted by atomic mass is 10.2. The number of pyridine rings is 1. The van der Waals surface area contributed by atoms with Crippen LogP contribution in [0.2, 0.25) is 5.02 Å². The highest BCUT2D eigenvalue weighted by molar-refractivity contribution is 6.32. The molecule has 19 heavy (non-hydrogen) atoms. The molecule has 2 rings (SSSR count). The molecule has 1 aromatic heterocycles. The Morgan fingerprint density at radius 2 is 2.05 bits per heavy atom. The van der Waals surface area contributed by atoms with Gasteiger partial charge in [-0.3, -0.25) is 4.79 Å². The molecule has 0 unspecified atom stereocenters. The Hall–Kier alpha value is -1.58. The zero-order chi connectivity index (χ0) is 13.8. The summed E-state index contributed by atoms with van der Waals surface area (Å²) in [5, 5.41) is 3.84. The SMILES string of the molecule is CCNCc1cn(-c2ccccc2Cl)c(C)cc1=O. The van der Waals surface area contributed by atoms with Crippen LogP contribution >= 0.6 is 11.6 Å². The first kappa shape index (κ1) is 13.8. The Labute approximate surface area is 117 Å². The van der Waals surface area contributed by atoms with Gasteiger partial charge in [0.05, 0.1) is 10.7 Å². The van der Waals surface area contributed by atoms with Crippen LogP contribution in [0.15, 0.2) is 41.3 Å². The summed E-state index contributed by atoms with van der Waals surface area (Å²) in [6.07, 6.45) is 1.86. The van der Waals surface area contributed by atoms with Crippen LogP contribution in [0.3, 0.4) is 0 Å². The number of aryl methyl sites for hydroxylation is 1. The highest BCUT2D eigenvalue weighted by Gasteiger charge is 2.07. The molecule has 0 aliphatic rings. The number of hydrogen-bond donors (Lipinski definition) is 1. The molecule has 0 radical (unpaired) electrons. The van der Waals surface area contributed by atoms with Crippen molar-refractivity contribution in [3.8, 4) is 5.69 Å². The van der Waals surface area contributed by atoms with Crippen LogP contribution in [0.1, 0.15) is 18.2 Å². The average Bonchev–Trinajstić information content (AvgIpc) is 2.39. The Morgan fingerprint density at radius 3 is 2.74 bits per heavy atom. The molecule has 0 aliphatic carbocycles. The molecule has 1 N–H and O–H groups in total. The minimum Gasteiger partial charge on any atom is -0.319 e. The fourth-order valence-corrected chi connectivity index (χ4v) is 2.20. The van der Waals surface area contributed by atoms with E-state index in [0.29, 0.717) is 11.6 Å². The fraction of sp³-hybridized carbons (Fsp3) is 0.267. The number of nitrogens with zero attached hydrogens (tertiary/aromatic N) is 1. The lowest BCUT2D eigenvalue weighted by molar-refractivity contribution is 0.716. The van der Waals surface area contributed by atoms with Crippen molar-refractivity contribution in [1.82, 2.24) is 9.88 Å². The molecule has 3 nitrogen and oxygen atoms in total. The van der Waals surface area contributed by atoms with Gasteiger partial charge in [0.1, 0.15) is 0 Å². The van der Waals surface area contributed by atoms with Gasteiger partial charge in [-0.15, -0.1) is 0 Å². The van der Waals surface area contributed by atoms with Crippen molar-refractivity contribution in [2.75, 3.05) is 6.54 Å². The van der Waals surface area contributed by atoms with Crippen LogP contribution in [0.5, 0.6) is 0 Å². The molecule has 100 valence electrons. The van der Waals surface area contributed by atoms with E-state index in [2.05, 4.69) is 5.32 Å². The molecule has 0 atom stereocenters. The number of halogens is 1. The van der Waals surface area contributed by atoms with Crippen molar-refractivity contribution in [3.63, 3.8) is 0 Å². The number of para-hydroxylation sites is 1. The molecule has 0 saturated carbocycles. The molecule has 0 spiro atoms. The number of aromatic nitrogens is 1. The van der Waals surface area contributed by atoms with Crippen molar-refractivity contribution in [2.45, 2.75) is 20.4 Å². The van der Waals surface area contributed by atoms with Gasteiger partial charge in [0, 0.05) is 30.1 Å². The van der Waals surface area contributed by atoms with Crippen LogP contribution in [-0.2, 0) is 6.54 Å². The van der Waals surface area contributed by atoms with Crippen molar-refractivity contribution in [2.24, 2.45) is 0 Å². The van der Waals surface area contributed by atoms with Gasteiger partial charge in [0.25, 0.3) is 0 Å². The maximum atomic E-state index is 11.9. The molecule has 2 aromatic rings. The number of benzene rings is 1. The first-order chi connectivity index (χ1) is 9.13. The summed E-state index contributed by atoms with van der Waals surface area (Å²) in [6.45, 7) is 5.32. The largest absolute Gasteiger partial charge is 0.319 e. The summed E-state index contributed by atoms with van der Waals surface area (Å²) in [5.74, 6) is 0. The van der Waals surface area contributed by atoms with Gasteiger partial charge in [0.15, 0.2) is 5.43 Å². The van der Waals surface area contributed by atoms with Crippen molar-refractivity contribution >= 4 is 11.6 Å². The van der Waals surface area contributed by atoms with E-state index in [1.165, 1.54) is 0 Å². The van der Waals surface area contributed by atoms with Gasteiger partial charge < -0.3 is 9.88 Å². The quantitative estimate of drug-likeness (QED) is 0.932. The van der Waals surface area contributed by atoms with E-state index in [-0.39, 0.29) is 5.43 Å². The maximum absolute atomic E-state index is 11.9. The van der Waals surface area contributed by atoms with E-state index >= 15 is 0 Å². The van der Waals surface area contributed by atoms with Crippen LogP contribution in [-0.4, -0.2) is 11.1 Å². The summed E-state index contributed by atoms with van der Waals surface area (Å²) in [5.41, 5.74) is 2.56. The molecular formula is C15H17ClN2O. The predicted molar refractivity (Wildman–Crippen MR) is 79.2 cm³/mol. The van der Waals surface area contributed by atoms with E-state index < -0.39 is 0 Å². The zero-order valence-corrected chi connectivity index (χ0v) is 11.9.